The summed E-state index contributed by atoms with van der Waals surface area (Å²) < 4.78 is 36.5. The number of carbonyl (C=O) groups is 1. The summed E-state index contributed by atoms with van der Waals surface area (Å²) in [4.78, 5) is 17.2. The van der Waals surface area contributed by atoms with E-state index >= 15 is 0 Å². The van der Waals surface area contributed by atoms with Crippen LogP contribution in [-0.4, -0.2) is 35.5 Å². The van der Waals surface area contributed by atoms with E-state index in [0.717, 1.165) is 0 Å². The van der Waals surface area contributed by atoms with Gasteiger partial charge in [-0.3, -0.25) is 14.1 Å². The van der Waals surface area contributed by atoms with Crippen molar-refractivity contribution in [2.45, 2.75) is 11.7 Å². The van der Waals surface area contributed by atoms with Crippen LogP contribution in [0.2, 0.25) is 0 Å². The minimum absolute atomic E-state index is 0.172. The van der Waals surface area contributed by atoms with Crippen LogP contribution in [0.4, 0.5) is 9.70 Å². The third kappa shape index (κ3) is 1.97. The number of carbonyl (C=O) groups excluding carboxylic acids is 1. The van der Waals surface area contributed by atoms with Gasteiger partial charge in [-0.2, -0.15) is 8.42 Å². The molecule has 1 atom stereocenters. The molecule has 1 fully saturated rings. The lowest BCUT2D eigenvalue weighted by Gasteiger charge is -2.17. The molecule has 6 nitrogen and oxygen atoms in total. The van der Waals surface area contributed by atoms with Crippen LogP contribution in [0.1, 0.15) is 6.42 Å². The molecule has 3 rings (SSSR count). The Morgan fingerprint density at radius 1 is 1.37 bits per heavy atom. The predicted molar refractivity (Wildman–Crippen MR) is 66.0 cm³/mol. The molecule has 1 amide bonds. The number of pyridine rings is 1. The van der Waals surface area contributed by atoms with Crippen LogP contribution in [0.25, 0.3) is 5.65 Å². The third-order valence-corrected chi connectivity index (χ3v) is 4.28. The number of halogens is 1. The van der Waals surface area contributed by atoms with Gasteiger partial charge in [-0.1, -0.05) is 6.07 Å². The first-order valence-electron chi connectivity index (χ1n) is 5.63. The minimum atomic E-state index is -4.70. The zero-order valence-corrected chi connectivity index (χ0v) is 10.5. The number of anilines is 1. The van der Waals surface area contributed by atoms with Gasteiger partial charge in [0.2, 0.25) is 5.91 Å². The van der Waals surface area contributed by atoms with Crippen molar-refractivity contribution >= 4 is 27.6 Å². The average molecular weight is 283 g/mol. The molecule has 1 unspecified atom stereocenters. The predicted octanol–water partition coefficient (Wildman–Crippen LogP) is 0.739. The molecule has 1 aliphatic rings. The molecule has 1 aliphatic heterocycles. The monoisotopic (exact) mass is 283 g/mol. The van der Waals surface area contributed by atoms with E-state index in [1.165, 1.54) is 4.90 Å². The van der Waals surface area contributed by atoms with Crippen molar-refractivity contribution in [1.29, 1.82) is 0 Å². The number of amides is 1. The SMILES string of the molecule is O=C1CC(S(=O)(=O)F)CN1c1cccc2nccn12. The molecule has 0 bridgehead atoms. The van der Waals surface area contributed by atoms with E-state index in [9.17, 15) is 17.1 Å². The van der Waals surface area contributed by atoms with Gasteiger partial charge in [-0.05, 0) is 12.1 Å². The lowest BCUT2D eigenvalue weighted by atomic mass is 10.4. The van der Waals surface area contributed by atoms with Crippen LogP contribution < -0.4 is 4.90 Å². The highest BCUT2D eigenvalue weighted by Gasteiger charge is 2.39. The third-order valence-electron chi connectivity index (χ3n) is 3.17. The number of aromatic nitrogens is 2. The lowest BCUT2D eigenvalue weighted by Crippen LogP contribution is -2.28. The summed E-state index contributed by atoms with van der Waals surface area (Å²) in [7, 11) is -4.70. The number of nitrogens with zero attached hydrogens (tertiary/aromatic N) is 3. The minimum Gasteiger partial charge on any atom is -0.296 e. The smallest absolute Gasteiger partial charge is 0.296 e. The molecule has 1 saturated heterocycles. The highest BCUT2D eigenvalue weighted by molar-refractivity contribution is 7.87. The van der Waals surface area contributed by atoms with Crippen molar-refractivity contribution in [1.82, 2.24) is 9.38 Å². The molecule has 0 saturated carbocycles. The van der Waals surface area contributed by atoms with E-state index in [-0.39, 0.29) is 13.0 Å². The quantitative estimate of drug-likeness (QED) is 0.762. The maximum absolute atomic E-state index is 13.0. The standard InChI is InChI=1S/C11H10FN3O3S/c12-19(17,18)8-6-11(16)15(7-8)10-3-1-2-9-13-4-5-14(9)10/h1-5,8H,6-7H2. The zero-order valence-electron chi connectivity index (χ0n) is 9.73. The van der Waals surface area contributed by atoms with Crippen molar-refractivity contribution in [3.63, 3.8) is 0 Å². The fourth-order valence-electron chi connectivity index (χ4n) is 2.24. The number of rotatable bonds is 2. The molecule has 8 heteroatoms. The van der Waals surface area contributed by atoms with Crippen LogP contribution in [0.3, 0.4) is 0 Å². The van der Waals surface area contributed by atoms with Gasteiger partial charge >= 0.3 is 10.2 Å². The van der Waals surface area contributed by atoms with Crippen molar-refractivity contribution in [3.8, 4) is 0 Å². The van der Waals surface area contributed by atoms with Crippen molar-refractivity contribution in [2.24, 2.45) is 0 Å². The summed E-state index contributed by atoms with van der Waals surface area (Å²) in [6.45, 7) is -0.172. The van der Waals surface area contributed by atoms with Gasteiger partial charge in [0.15, 0.2) is 0 Å². The average Bonchev–Trinajstić information content (AvgIpc) is 2.93. The van der Waals surface area contributed by atoms with Crippen molar-refractivity contribution in [2.75, 3.05) is 11.4 Å². The van der Waals surface area contributed by atoms with Gasteiger partial charge < -0.3 is 0 Å². The Morgan fingerprint density at radius 2 is 2.16 bits per heavy atom. The van der Waals surface area contributed by atoms with Gasteiger partial charge in [-0.15, -0.1) is 3.89 Å². The van der Waals surface area contributed by atoms with E-state index in [4.69, 9.17) is 0 Å². The fraction of sp³-hybridized carbons (Fsp3) is 0.273. The van der Waals surface area contributed by atoms with Crippen LogP contribution >= 0.6 is 0 Å². The molecular formula is C11H10FN3O3S. The number of imidazole rings is 1. The van der Waals surface area contributed by atoms with Crippen molar-refractivity contribution in [3.05, 3.63) is 30.6 Å². The molecular weight excluding hydrogens is 273 g/mol. The highest BCUT2D eigenvalue weighted by Crippen LogP contribution is 2.26. The van der Waals surface area contributed by atoms with Crippen LogP contribution in [0.5, 0.6) is 0 Å². The van der Waals surface area contributed by atoms with Crippen LogP contribution in [-0.2, 0) is 15.0 Å². The topological polar surface area (TPSA) is 71.8 Å². The molecule has 19 heavy (non-hydrogen) atoms. The Balaban J connectivity index is 2.04. The largest absolute Gasteiger partial charge is 0.307 e. The number of fused-ring (bicyclic) bond motifs is 1. The van der Waals surface area contributed by atoms with E-state index in [1.807, 2.05) is 0 Å². The maximum atomic E-state index is 13.0. The fourth-order valence-corrected chi connectivity index (χ4v) is 2.91. The lowest BCUT2D eigenvalue weighted by molar-refractivity contribution is -0.117. The summed E-state index contributed by atoms with van der Waals surface area (Å²) in [6.07, 6.45) is 2.90. The Kier molecular flexibility index (Phi) is 2.56. The molecule has 0 spiro atoms. The summed E-state index contributed by atoms with van der Waals surface area (Å²) in [5, 5.41) is -1.29. The van der Waals surface area contributed by atoms with Gasteiger partial charge in [0, 0.05) is 25.4 Å². The van der Waals surface area contributed by atoms with Crippen LogP contribution in [0.15, 0.2) is 30.6 Å². The van der Waals surface area contributed by atoms with Gasteiger partial charge in [-0.25, -0.2) is 4.98 Å². The molecule has 0 aromatic carbocycles. The summed E-state index contributed by atoms with van der Waals surface area (Å²) in [5.74, 6) is 0.0820. The Labute approximate surface area is 108 Å². The van der Waals surface area contributed by atoms with E-state index < -0.39 is 21.4 Å². The Bertz CT molecular complexity index is 755. The molecule has 100 valence electrons. The van der Waals surface area contributed by atoms with Gasteiger partial charge in [0.25, 0.3) is 0 Å². The first kappa shape index (κ1) is 12.1. The summed E-state index contributed by atoms with van der Waals surface area (Å²) in [6, 6.07) is 5.13. The summed E-state index contributed by atoms with van der Waals surface area (Å²) in [5.41, 5.74) is 0.636. The Morgan fingerprint density at radius 3 is 2.84 bits per heavy atom. The second kappa shape index (κ2) is 4.02. The maximum Gasteiger partial charge on any atom is 0.307 e. The van der Waals surface area contributed by atoms with Gasteiger partial charge in [0.05, 0.1) is 0 Å². The normalized spacial score (nSPS) is 20.4. The Hall–Kier alpha value is -1.96. The molecule has 3 heterocycles. The zero-order chi connectivity index (χ0) is 13.6. The first-order valence-corrected chi connectivity index (χ1v) is 7.07. The molecule has 2 aromatic heterocycles. The molecule has 0 N–H and O–H groups in total. The highest BCUT2D eigenvalue weighted by atomic mass is 32.3. The number of hydrogen-bond acceptors (Lipinski definition) is 4. The van der Waals surface area contributed by atoms with Crippen LogP contribution in [0, 0.1) is 0 Å². The molecule has 0 aliphatic carbocycles. The molecule has 0 radical (unpaired) electrons. The summed E-state index contributed by atoms with van der Waals surface area (Å²) >= 11 is 0. The van der Waals surface area contributed by atoms with E-state index in [0.29, 0.717) is 11.5 Å². The van der Waals surface area contributed by atoms with E-state index in [1.54, 1.807) is 35.0 Å². The molecule has 2 aromatic rings. The second-order valence-corrected chi connectivity index (χ2v) is 5.96. The second-order valence-electron chi connectivity index (χ2n) is 4.35. The van der Waals surface area contributed by atoms with Crippen molar-refractivity contribution < 1.29 is 17.1 Å². The van der Waals surface area contributed by atoms with Gasteiger partial charge in [0.1, 0.15) is 16.7 Å². The first-order chi connectivity index (χ1) is 8.97. The number of hydrogen-bond donors (Lipinski definition) is 0. The van der Waals surface area contributed by atoms with E-state index in [2.05, 4.69) is 4.98 Å².